The van der Waals surface area contributed by atoms with Gasteiger partial charge >= 0.3 is 0 Å². The molecule has 0 aliphatic heterocycles. The zero-order valence-electron chi connectivity index (χ0n) is 12.8. The number of ether oxygens (including phenoxy) is 1. The van der Waals surface area contributed by atoms with Crippen LogP contribution in [0.15, 0.2) is 52.2 Å². The van der Waals surface area contributed by atoms with E-state index in [0.29, 0.717) is 6.54 Å². The molecule has 0 spiro atoms. The highest BCUT2D eigenvalue weighted by molar-refractivity contribution is 14.0. The molecule has 2 rings (SSSR count). The highest BCUT2D eigenvalue weighted by atomic mass is 127. The Bertz CT molecular complexity index is 546. The minimum absolute atomic E-state index is 0. The molecule has 4 nitrogen and oxygen atoms in total. The average molecular weight is 431 g/mol. The lowest BCUT2D eigenvalue weighted by atomic mass is 10.1. The van der Waals surface area contributed by atoms with Crippen LogP contribution in [0.25, 0.3) is 0 Å². The van der Waals surface area contributed by atoms with Crippen molar-refractivity contribution in [2.45, 2.75) is 12.6 Å². The van der Waals surface area contributed by atoms with Crippen LogP contribution in [-0.4, -0.2) is 26.7 Å². The molecule has 2 aromatic rings. The maximum Gasteiger partial charge on any atom is 0.191 e. The first-order valence-corrected chi connectivity index (χ1v) is 7.81. The molecule has 0 aliphatic carbocycles. The summed E-state index contributed by atoms with van der Waals surface area (Å²) in [6.07, 6.45) is 0.00546. The van der Waals surface area contributed by atoms with Crippen molar-refractivity contribution in [3.05, 3.63) is 58.3 Å². The van der Waals surface area contributed by atoms with E-state index < -0.39 is 0 Å². The Hall–Kier alpha value is -1.12. The fourth-order valence-corrected chi connectivity index (χ4v) is 2.66. The molecule has 0 bridgehead atoms. The summed E-state index contributed by atoms with van der Waals surface area (Å²) in [6.45, 7) is 1.44. The van der Waals surface area contributed by atoms with Crippen molar-refractivity contribution >= 4 is 41.3 Å². The van der Waals surface area contributed by atoms with Crippen LogP contribution in [-0.2, 0) is 11.3 Å². The van der Waals surface area contributed by atoms with Gasteiger partial charge in [0.2, 0.25) is 0 Å². The molecule has 1 atom stereocenters. The highest BCUT2D eigenvalue weighted by Crippen LogP contribution is 2.14. The van der Waals surface area contributed by atoms with E-state index >= 15 is 0 Å². The number of nitrogens with zero attached hydrogens (tertiary/aromatic N) is 1. The van der Waals surface area contributed by atoms with Crippen LogP contribution >= 0.6 is 35.3 Å². The third kappa shape index (κ3) is 5.94. The van der Waals surface area contributed by atoms with Gasteiger partial charge in [0, 0.05) is 27.2 Å². The molecule has 0 aliphatic rings. The molecule has 1 heterocycles. The summed E-state index contributed by atoms with van der Waals surface area (Å²) in [4.78, 5) is 4.23. The van der Waals surface area contributed by atoms with E-state index in [1.165, 1.54) is 5.56 Å². The smallest absolute Gasteiger partial charge is 0.191 e. The second-order valence-electron chi connectivity index (χ2n) is 4.57. The van der Waals surface area contributed by atoms with Crippen LogP contribution in [0.3, 0.4) is 0 Å². The second-order valence-corrected chi connectivity index (χ2v) is 5.35. The number of benzene rings is 1. The predicted octanol–water partition coefficient (Wildman–Crippen LogP) is 3.42. The maximum absolute atomic E-state index is 5.54. The molecule has 0 saturated heterocycles. The molecule has 0 fully saturated rings. The molecule has 0 amide bonds. The lowest BCUT2D eigenvalue weighted by molar-refractivity contribution is 0.106. The third-order valence-corrected chi connectivity index (χ3v) is 3.91. The Morgan fingerprint density at radius 3 is 2.59 bits per heavy atom. The highest BCUT2D eigenvalue weighted by Gasteiger charge is 2.10. The quantitative estimate of drug-likeness (QED) is 0.419. The largest absolute Gasteiger partial charge is 0.375 e. The average Bonchev–Trinajstić information content (AvgIpc) is 3.05. The summed E-state index contributed by atoms with van der Waals surface area (Å²) in [7, 11) is 3.49. The monoisotopic (exact) mass is 431 g/mol. The van der Waals surface area contributed by atoms with Gasteiger partial charge < -0.3 is 15.4 Å². The van der Waals surface area contributed by atoms with Gasteiger partial charge in [-0.1, -0.05) is 30.3 Å². The number of hydrogen-bond acceptors (Lipinski definition) is 3. The summed E-state index contributed by atoms with van der Waals surface area (Å²) in [5, 5.41) is 10.8. The Morgan fingerprint density at radius 1 is 1.23 bits per heavy atom. The minimum atomic E-state index is 0. The topological polar surface area (TPSA) is 45.7 Å². The molecule has 1 aromatic heterocycles. The summed E-state index contributed by atoms with van der Waals surface area (Å²) in [6, 6.07) is 12.3. The second kappa shape index (κ2) is 10.6. The van der Waals surface area contributed by atoms with Gasteiger partial charge in [0.15, 0.2) is 5.96 Å². The van der Waals surface area contributed by atoms with Crippen LogP contribution in [0.1, 0.15) is 17.2 Å². The number of thiophene rings is 1. The van der Waals surface area contributed by atoms with Gasteiger partial charge in [-0.05, 0) is 28.0 Å². The molecule has 120 valence electrons. The van der Waals surface area contributed by atoms with Crippen molar-refractivity contribution in [3.8, 4) is 0 Å². The summed E-state index contributed by atoms with van der Waals surface area (Å²) >= 11 is 1.70. The summed E-state index contributed by atoms with van der Waals surface area (Å²) in [5.41, 5.74) is 2.41. The van der Waals surface area contributed by atoms with E-state index in [-0.39, 0.29) is 30.1 Å². The Balaban J connectivity index is 0.00000242. The van der Waals surface area contributed by atoms with Gasteiger partial charge in [-0.3, -0.25) is 4.99 Å². The molecule has 0 saturated carbocycles. The van der Waals surface area contributed by atoms with Crippen LogP contribution < -0.4 is 10.6 Å². The molecule has 1 aromatic carbocycles. The molecular weight excluding hydrogens is 409 g/mol. The van der Waals surface area contributed by atoms with Gasteiger partial charge in [-0.25, -0.2) is 0 Å². The number of rotatable bonds is 6. The molecule has 1 unspecified atom stereocenters. The van der Waals surface area contributed by atoms with Crippen molar-refractivity contribution < 1.29 is 4.74 Å². The molecule has 0 radical (unpaired) electrons. The van der Waals surface area contributed by atoms with E-state index in [9.17, 15) is 0 Å². The van der Waals surface area contributed by atoms with Gasteiger partial charge in [0.05, 0.1) is 6.10 Å². The van der Waals surface area contributed by atoms with Crippen LogP contribution in [0, 0.1) is 0 Å². The van der Waals surface area contributed by atoms with E-state index in [0.717, 1.165) is 18.1 Å². The van der Waals surface area contributed by atoms with Gasteiger partial charge in [0.1, 0.15) is 0 Å². The maximum atomic E-state index is 5.54. The molecule has 2 N–H and O–H groups in total. The standard InChI is InChI=1S/C16H21N3OS.HI/c1-17-16(18-10-13-8-9-21-12-13)19-11-15(20-2)14-6-4-3-5-7-14;/h3-9,12,15H,10-11H2,1-2H3,(H2,17,18,19);1H. The van der Waals surface area contributed by atoms with E-state index in [2.05, 4.69) is 44.6 Å². The zero-order valence-corrected chi connectivity index (χ0v) is 15.9. The van der Waals surface area contributed by atoms with Crippen molar-refractivity contribution in [1.82, 2.24) is 10.6 Å². The first kappa shape index (κ1) is 18.9. The van der Waals surface area contributed by atoms with E-state index in [1.807, 2.05) is 18.2 Å². The van der Waals surface area contributed by atoms with E-state index in [4.69, 9.17) is 4.74 Å². The SMILES string of the molecule is CN=C(NCc1ccsc1)NCC(OC)c1ccccc1.I. The lowest BCUT2D eigenvalue weighted by Gasteiger charge is -2.18. The van der Waals surface area contributed by atoms with Crippen molar-refractivity contribution in [1.29, 1.82) is 0 Å². The van der Waals surface area contributed by atoms with Crippen molar-refractivity contribution in [2.75, 3.05) is 20.7 Å². The number of nitrogens with one attached hydrogen (secondary N) is 2. The number of aliphatic imine (C=N–C) groups is 1. The molecule has 6 heteroatoms. The van der Waals surface area contributed by atoms with Crippen LogP contribution in [0.4, 0.5) is 0 Å². The molecular formula is C16H22IN3OS. The van der Waals surface area contributed by atoms with Crippen molar-refractivity contribution in [2.24, 2.45) is 4.99 Å². The Kier molecular flexibility index (Phi) is 9.10. The van der Waals surface area contributed by atoms with Gasteiger partial charge in [0.25, 0.3) is 0 Å². The Labute approximate surface area is 153 Å². The van der Waals surface area contributed by atoms with Crippen molar-refractivity contribution in [3.63, 3.8) is 0 Å². The fourth-order valence-electron chi connectivity index (χ4n) is 1.99. The number of halogens is 1. The summed E-state index contributed by atoms with van der Waals surface area (Å²) in [5.74, 6) is 0.777. The van der Waals surface area contributed by atoms with Gasteiger partial charge in [-0.2, -0.15) is 11.3 Å². The van der Waals surface area contributed by atoms with Crippen LogP contribution in [0.2, 0.25) is 0 Å². The number of methoxy groups -OCH3 is 1. The van der Waals surface area contributed by atoms with Gasteiger partial charge in [-0.15, -0.1) is 24.0 Å². The van der Waals surface area contributed by atoms with E-state index in [1.54, 1.807) is 25.5 Å². The first-order chi connectivity index (χ1) is 10.3. The third-order valence-electron chi connectivity index (χ3n) is 3.17. The predicted molar refractivity (Wildman–Crippen MR) is 104 cm³/mol. The Morgan fingerprint density at radius 2 is 2.00 bits per heavy atom. The first-order valence-electron chi connectivity index (χ1n) is 6.87. The number of hydrogen-bond donors (Lipinski definition) is 2. The fraction of sp³-hybridized carbons (Fsp3) is 0.312. The minimum Gasteiger partial charge on any atom is -0.375 e. The normalized spacial score (nSPS) is 12.4. The lowest BCUT2D eigenvalue weighted by Crippen LogP contribution is -2.39. The van der Waals surface area contributed by atoms with Crippen LogP contribution in [0.5, 0.6) is 0 Å². The summed E-state index contributed by atoms with van der Waals surface area (Å²) < 4.78 is 5.54. The number of guanidine groups is 1. The zero-order chi connectivity index (χ0) is 14.9. The molecule has 22 heavy (non-hydrogen) atoms.